The lowest BCUT2D eigenvalue weighted by atomic mass is 10.0. The molecule has 0 aliphatic heterocycles. The fourth-order valence-electron chi connectivity index (χ4n) is 4.72. The van der Waals surface area contributed by atoms with Gasteiger partial charge in [0.2, 0.25) is 11.8 Å². The highest BCUT2D eigenvalue weighted by Gasteiger charge is 2.35. The smallest absolute Gasteiger partial charge is 0.264 e. The number of hydrogen-bond acceptors (Lipinski definition) is 4. The van der Waals surface area contributed by atoms with E-state index in [-0.39, 0.29) is 29.5 Å². The van der Waals surface area contributed by atoms with Gasteiger partial charge in [-0.05, 0) is 66.9 Å². The molecular weight excluding hydrogens is 605 g/mol. The van der Waals surface area contributed by atoms with Crippen molar-refractivity contribution in [2.45, 2.75) is 37.8 Å². The lowest BCUT2D eigenvalue weighted by Gasteiger charge is -2.34. The molecular formula is C33H33Cl2N3O4S. The number of carbonyl (C=O) groups excluding carboxylic acids is 2. The molecule has 4 aromatic rings. The van der Waals surface area contributed by atoms with Crippen LogP contribution in [0.1, 0.15) is 23.6 Å². The lowest BCUT2D eigenvalue weighted by molar-refractivity contribution is -0.140. The van der Waals surface area contributed by atoms with Crippen LogP contribution in [-0.2, 0) is 32.6 Å². The summed E-state index contributed by atoms with van der Waals surface area (Å²) >= 11 is 12.4. The van der Waals surface area contributed by atoms with Gasteiger partial charge in [0, 0.05) is 29.6 Å². The van der Waals surface area contributed by atoms with Crippen molar-refractivity contribution < 1.29 is 18.0 Å². The maximum Gasteiger partial charge on any atom is 0.264 e. The topological polar surface area (TPSA) is 86.8 Å². The summed E-state index contributed by atoms with van der Waals surface area (Å²) in [5.41, 5.74) is 2.47. The zero-order chi connectivity index (χ0) is 31.0. The molecule has 4 aromatic carbocycles. The summed E-state index contributed by atoms with van der Waals surface area (Å²) < 4.78 is 29.2. The second kappa shape index (κ2) is 14.6. The van der Waals surface area contributed by atoms with Crippen molar-refractivity contribution in [2.75, 3.05) is 17.4 Å². The van der Waals surface area contributed by atoms with Gasteiger partial charge in [-0.1, -0.05) is 89.9 Å². The molecule has 7 nitrogen and oxygen atoms in total. The zero-order valence-corrected chi connectivity index (χ0v) is 26.2. The van der Waals surface area contributed by atoms with E-state index in [1.165, 1.54) is 23.1 Å². The number of carbonyl (C=O) groups is 2. The van der Waals surface area contributed by atoms with Crippen molar-refractivity contribution in [3.8, 4) is 0 Å². The minimum Gasteiger partial charge on any atom is -0.355 e. The Labute approximate surface area is 263 Å². The first-order chi connectivity index (χ1) is 20.6. The van der Waals surface area contributed by atoms with E-state index in [0.29, 0.717) is 22.2 Å². The minimum atomic E-state index is -4.21. The van der Waals surface area contributed by atoms with Gasteiger partial charge in [0.1, 0.15) is 12.6 Å². The number of halogens is 2. The number of hydrogen-bond donors (Lipinski definition) is 1. The fraction of sp³-hybridized carbons (Fsp3) is 0.212. The third-order valence-corrected chi connectivity index (χ3v) is 9.20. The maximum atomic E-state index is 14.4. The van der Waals surface area contributed by atoms with E-state index >= 15 is 0 Å². The SMILES string of the molecule is CCNC(=O)[C@@H](Cc1ccccc1)N(Cc1ccc(Cl)cc1)C(=O)CN(c1cc(Cl)ccc1C)S(=O)(=O)c1ccccc1. The molecule has 0 aromatic heterocycles. The predicted molar refractivity (Wildman–Crippen MR) is 172 cm³/mol. The Bertz CT molecular complexity index is 1650. The standard InChI is InChI=1S/C33H33Cl2N3O4S/c1-3-36-33(40)31(20-25-10-6-4-7-11-25)37(22-26-15-18-27(34)19-16-26)32(39)23-38(30-21-28(35)17-14-24(30)2)43(41,42)29-12-8-5-9-13-29/h4-19,21,31H,3,20,22-23H2,1-2H3,(H,36,40)/t31-/m1/s1. The average molecular weight is 639 g/mol. The first-order valence-corrected chi connectivity index (χ1v) is 16.0. The number of amides is 2. The summed E-state index contributed by atoms with van der Waals surface area (Å²) in [6, 6.07) is 28.2. The quantitative estimate of drug-likeness (QED) is 0.198. The fourth-order valence-corrected chi connectivity index (χ4v) is 6.50. The summed E-state index contributed by atoms with van der Waals surface area (Å²) in [5.74, 6) is -0.897. The molecule has 1 atom stereocenters. The molecule has 0 unspecified atom stereocenters. The first-order valence-electron chi connectivity index (χ1n) is 13.8. The van der Waals surface area contributed by atoms with Crippen LogP contribution in [0.25, 0.3) is 0 Å². The summed E-state index contributed by atoms with van der Waals surface area (Å²) in [5, 5.41) is 3.70. The van der Waals surface area contributed by atoms with Gasteiger partial charge >= 0.3 is 0 Å². The van der Waals surface area contributed by atoms with Crippen LogP contribution in [0.4, 0.5) is 5.69 Å². The number of anilines is 1. The number of sulfonamides is 1. The number of nitrogens with one attached hydrogen (secondary N) is 1. The molecule has 0 saturated heterocycles. The Balaban J connectivity index is 1.81. The Morgan fingerprint density at radius 1 is 0.814 bits per heavy atom. The zero-order valence-electron chi connectivity index (χ0n) is 23.9. The molecule has 2 amide bonds. The molecule has 0 radical (unpaired) electrons. The molecule has 0 heterocycles. The summed E-state index contributed by atoms with van der Waals surface area (Å²) in [6.45, 7) is 3.42. The van der Waals surface area contributed by atoms with Crippen LogP contribution in [0.3, 0.4) is 0 Å². The van der Waals surface area contributed by atoms with Gasteiger partial charge in [0.05, 0.1) is 10.6 Å². The molecule has 0 aliphatic carbocycles. The van der Waals surface area contributed by atoms with E-state index < -0.39 is 28.5 Å². The van der Waals surface area contributed by atoms with E-state index in [0.717, 1.165) is 15.4 Å². The molecule has 1 N–H and O–H groups in total. The summed E-state index contributed by atoms with van der Waals surface area (Å²) in [6.07, 6.45) is 0.230. The Morgan fingerprint density at radius 3 is 2.05 bits per heavy atom. The number of rotatable bonds is 12. The van der Waals surface area contributed by atoms with Crippen molar-refractivity contribution in [1.29, 1.82) is 0 Å². The molecule has 43 heavy (non-hydrogen) atoms. The highest BCUT2D eigenvalue weighted by atomic mass is 35.5. The highest BCUT2D eigenvalue weighted by molar-refractivity contribution is 7.92. The van der Waals surface area contributed by atoms with Gasteiger partial charge in [0.15, 0.2) is 0 Å². The molecule has 0 aliphatic rings. The number of likely N-dealkylation sites (N-methyl/N-ethyl adjacent to an activating group) is 1. The molecule has 0 saturated carbocycles. The molecule has 0 fully saturated rings. The van der Waals surface area contributed by atoms with Crippen LogP contribution in [-0.4, -0.2) is 44.3 Å². The first kappa shape index (κ1) is 32.1. The molecule has 0 spiro atoms. The van der Waals surface area contributed by atoms with Crippen molar-refractivity contribution in [1.82, 2.24) is 10.2 Å². The van der Waals surface area contributed by atoms with E-state index in [2.05, 4.69) is 5.32 Å². The Kier molecular flexibility index (Phi) is 10.9. The normalized spacial score (nSPS) is 11.9. The van der Waals surface area contributed by atoms with Crippen LogP contribution >= 0.6 is 23.2 Å². The van der Waals surface area contributed by atoms with E-state index in [9.17, 15) is 18.0 Å². The van der Waals surface area contributed by atoms with E-state index in [1.54, 1.807) is 68.4 Å². The van der Waals surface area contributed by atoms with Crippen LogP contribution in [0.15, 0.2) is 108 Å². The second-order valence-electron chi connectivity index (χ2n) is 10.0. The third-order valence-electron chi connectivity index (χ3n) is 6.94. The van der Waals surface area contributed by atoms with E-state index in [4.69, 9.17) is 23.2 Å². The highest BCUT2D eigenvalue weighted by Crippen LogP contribution is 2.30. The average Bonchev–Trinajstić information content (AvgIpc) is 3.01. The molecule has 10 heteroatoms. The van der Waals surface area contributed by atoms with Gasteiger partial charge in [-0.2, -0.15) is 0 Å². The van der Waals surface area contributed by atoms with Crippen LogP contribution in [0.5, 0.6) is 0 Å². The minimum absolute atomic E-state index is 0.0241. The second-order valence-corrected chi connectivity index (χ2v) is 12.7. The lowest BCUT2D eigenvalue weighted by Crippen LogP contribution is -2.53. The number of aryl methyl sites for hydroxylation is 1. The molecule has 224 valence electrons. The van der Waals surface area contributed by atoms with Crippen molar-refractivity contribution in [3.63, 3.8) is 0 Å². The van der Waals surface area contributed by atoms with Gasteiger partial charge in [-0.3, -0.25) is 13.9 Å². The Hall–Kier alpha value is -3.85. The monoisotopic (exact) mass is 637 g/mol. The number of nitrogens with zero attached hydrogens (tertiary/aromatic N) is 2. The van der Waals surface area contributed by atoms with Crippen molar-refractivity contribution in [2.24, 2.45) is 0 Å². The van der Waals surface area contributed by atoms with Crippen LogP contribution < -0.4 is 9.62 Å². The maximum absolute atomic E-state index is 14.4. The summed E-state index contributed by atoms with van der Waals surface area (Å²) in [4.78, 5) is 29.4. The van der Waals surface area contributed by atoms with Crippen molar-refractivity contribution in [3.05, 3.63) is 130 Å². The van der Waals surface area contributed by atoms with Gasteiger partial charge in [-0.25, -0.2) is 8.42 Å². The van der Waals surface area contributed by atoms with E-state index in [1.807, 2.05) is 30.3 Å². The van der Waals surface area contributed by atoms with Gasteiger partial charge < -0.3 is 10.2 Å². The predicted octanol–water partition coefficient (Wildman–Crippen LogP) is 6.27. The number of benzene rings is 4. The largest absolute Gasteiger partial charge is 0.355 e. The van der Waals surface area contributed by atoms with Crippen molar-refractivity contribution >= 4 is 50.7 Å². The third kappa shape index (κ3) is 8.16. The van der Waals surface area contributed by atoms with Crippen LogP contribution in [0, 0.1) is 6.92 Å². The molecule has 4 rings (SSSR count). The van der Waals surface area contributed by atoms with Gasteiger partial charge in [0.25, 0.3) is 10.0 Å². The molecule has 0 bridgehead atoms. The van der Waals surface area contributed by atoms with Gasteiger partial charge in [-0.15, -0.1) is 0 Å². The van der Waals surface area contributed by atoms with Crippen LogP contribution in [0.2, 0.25) is 10.0 Å². The summed E-state index contributed by atoms with van der Waals surface area (Å²) in [7, 11) is -4.21. The Morgan fingerprint density at radius 2 is 1.42 bits per heavy atom.